The van der Waals surface area contributed by atoms with E-state index in [0.29, 0.717) is 28.0 Å². The van der Waals surface area contributed by atoms with Gasteiger partial charge in [0.05, 0.1) is 23.3 Å². The molecule has 4 N–H and O–H groups in total. The first-order valence-electron chi connectivity index (χ1n) is 13.0. The highest BCUT2D eigenvalue weighted by molar-refractivity contribution is 5.93. The van der Waals surface area contributed by atoms with Crippen molar-refractivity contribution in [3.8, 4) is 45.9 Å². The zero-order valence-corrected chi connectivity index (χ0v) is 23.0. The van der Waals surface area contributed by atoms with Crippen molar-refractivity contribution in [1.29, 1.82) is 10.5 Å². The monoisotopic (exact) mass is 564 g/mol. The molecule has 0 saturated carbocycles. The first-order valence-corrected chi connectivity index (χ1v) is 13.0. The maximum atomic E-state index is 14.6. The van der Waals surface area contributed by atoms with Gasteiger partial charge in [0.15, 0.2) is 0 Å². The Hall–Kier alpha value is -5.35. The lowest BCUT2D eigenvalue weighted by Crippen LogP contribution is -2.18. The van der Waals surface area contributed by atoms with Gasteiger partial charge in [-0.15, -0.1) is 0 Å². The number of benzene rings is 4. The predicted octanol–water partition coefficient (Wildman–Crippen LogP) is 5.41. The van der Waals surface area contributed by atoms with Crippen LogP contribution >= 0.6 is 0 Å². The second-order valence-electron chi connectivity index (χ2n) is 9.06. The maximum absolute atomic E-state index is 14.6. The predicted molar refractivity (Wildman–Crippen MR) is 156 cm³/mol. The van der Waals surface area contributed by atoms with Crippen molar-refractivity contribution < 1.29 is 23.5 Å². The highest BCUT2D eigenvalue weighted by Gasteiger charge is 2.17. The van der Waals surface area contributed by atoms with Crippen LogP contribution in [0.2, 0.25) is 0 Å². The van der Waals surface area contributed by atoms with Crippen LogP contribution in [0.1, 0.15) is 29.5 Å². The second-order valence-corrected chi connectivity index (χ2v) is 9.06. The molecule has 0 aliphatic heterocycles. The lowest BCUT2D eigenvalue weighted by atomic mass is 10.0. The van der Waals surface area contributed by atoms with Gasteiger partial charge in [-0.2, -0.15) is 10.5 Å². The normalized spacial score (nSPS) is 9.95. The molecule has 8 nitrogen and oxygen atoms in total. The average molecular weight is 565 g/mol. The van der Waals surface area contributed by atoms with Crippen molar-refractivity contribution in [3.05, 3.63) is 107 Å². The number of ether oxygens (including phenoxy) is 2. The highest BCUT2D eigenvalue weighted by atomic mass is 19.1. The van der Waals surface area contributed by atoms with Gasteiger partial charge in [0.1, 0.15) is 23.7 Å². The molecule has 9 heteroatoms. The minimum atomic E-state index is -0.887. The minimum absolute atomic E-state index is 0.0457. The molecule has 42 heavy (non-hydrogen) atoms. The van der Waals surface area contributed by atoms with Gasteiger partial charge in [-0.3, -0.25) is 9.59 Å². The molecule has 212 valence electrons. The standard InChI is InChI=1S/C30H19FN2O4.C3H10N2/c1-19-14-24(22-6-2-20(17-32)3-7-22)10-13-28(19)37-30(35)16-29(34)36-25-11-12-26(27(31)15-25)23-8-4-21(18-33)5-9-23;4-2-1-3-5/h2-15H,16H2,1H3;1-5H2. The summed E-state index contributed by atoms with van der Waals surface area (Å²) in [7, 11) is 0. The highest BCUT2D eigenvalue weighted by Crippen LogP contribution is 2.28. The molecule has 0 heterocycles. The maximum Gasteiger partial charge on any atom is 0.322 e. The molecule has 4 aromatic carbocycles. The number of rotatable bonds is 8. The number of aryl methyl sites for hydroxylation is 1. The summed E-state index contributed by atoms with van der Waals surface area (Å²) in [5.74, 6) is -2.06. The SMILES string of the molecule is Cc1cc(-c2ccc(C#N)cc2)ccc1OC(=O)CC(=O)Oc1ccc(-c2ccc(C#N)cc2)c(F)c1.NCCCN. The molecule has 4 rings (SSSR count). The molecular weight excluding hydrogens is 535 g/mol. The molecule has 0 fully saturated rings. The number of hydrogen-bond acceptors (Lipinski definition) is 8. The molecule has 0 aromatic heterocycles. The fourth-order valence-corrected chi connectivity index (χ4v) is 3.76. The van der Waals surface area contributed by atoms with E-state index in [2.05, 4.69) is 6.07 Å². The summed E-state index contributed by atoms with van der Waals surface area (Å²) in [5.41, 5.74) is 14.5. The Morgan fingerprint density at radius 1 is 0.738 bits per heavy atom. The van der Waals surface area contributed by atoms with E-state index in [4.69, 9.17) is 31.5 Å². The third kappa shape index (κ3) is 8.83. The van der Waals surface area contributed by atoms with Gasteiger partial charge in [-0.05, 0) is 97.2 Å². The number of carbonyl (C=O) groups is 2. The number of nitrogens with two attached hydrogens (primary N) is 2. The van der Waals surface area contributed by atoms with Gasteiger partial charge >= 0.3 is 11.9 Å². The molecule has 4 aromatic rings. The lowest BCUT2D eigenvalue weighted by Gasteiger charge is -2.10. The van der Waals surface area contributed by atoms with Crippen LogP contribution in [0, 0.1) is 35.4 Å². The average Bonchev–Trinajstić information content (AvgIpc) is 2.99. The number of nitriles is 2. The first kappa shape index (κ1) is 31.2. The first-order chi connectivity index (χ1) is 20.3. The Kier molecular flexibility index (Phi) is 11.5. The Bertz CT molecular complexity index is 1620. The summed E-state index contributed by atoms with van der Waals surface area (Å²) in [6, 6.07) is 26.7. The van der Waals surface area contributed by atoms with E-state index in [9.17, 15) is 14.0 Å². The number of hydrogen-bond donors (Lipinski definition) is 2. The van der Waals surface area contributed by atoms with Crippen LogP contribution < -0.4 is 20.9 Å². The molecule has 0 aliphatic rings. The summed E-state index contributed by atoms with van der Waals surface area (Å²) < 4.78 is 25.0. The van der Waals surface area contributed by atoms with Crippen LogP contribution in [0.15, 0.2) is 84.9 Å². The van der Waals surface area contributed by atoms with E-state index in [1.807, 2.05) is 24.3 Å². The zero-order valence-electron chi connectivity index (χ0n) is 23.0. The summed E-state index contributed by atoms with van der Waals surface area (Å²) in [6.45, 7) is 3.21. The second kappa shape index (κ2) is 15.4. The topological polar surface area (TPSA) is 152 Å². The van der Waals surface area contributed by atoms with Crippen LogP contribution in [-0.4, -0.2) is 25.0 Å². The van der Waals surface area contributed by atoms with Crippen molar-refractivity contribution in [2.45, 2.75) is 19.8 Å². The summed E-state index contributed by atoms with van der Waals surface area (Å²) in [6.07, 6.45) is 0.288. The van der Waals surface area contributed by atoms with Crippen molar-refractivity contribution in [3.63, 3.8) is 0 Å². The smallest absolute Gasteiger partial charge is 0.322 e. The van der Waals surface area contributed by atoms with Gasteiger partial charge in [0, 0.05) is 11.6 Å². The van der Waals surface area contributed by atoms with E-state index >= 15 is 0 Å². The Balaban J connectivity index is 0.000000892. The van der Waals surface area contributed by atoms with Gasteiger partial charge < -0.3 is 20.9 Å². The number of carbonyl (C=O) groups excluding carboxylic acids is 2. The van der Waals surface area contributed by atoms with E-state index in [0.717, 1.165) is 36.7 Å². The van der Waals surface area contributed by atoms with Crippen LogP contribution in [-0.2, 0) is 9.59 Å². The molecule has 0 unspecified atom stereocenters. The summed E-state index contributed by atoms with van der Waals surface area (Å²) >= 11 is 0. The third-order valence-electron chi connectivity index (χ3n) is 5.94. The molecule has 0 saturated heterocycles. The van der Waals surface area contributed by atoms with Crippen LogP contribution in [0.3, 0.4) is 0 Å². The van der Waals surface area contributed by atoms with Crippen molar-refractivity contribution in [1.82, 2.24) is 0 Å². The molecule has 0 bridgehead atoms. The third-order valence-corrected chi connectivity index (χ3v) is 5.94. The van der Waals surface area contributed by atoms with Crippen LogP contribution in [0.25, 0.3) is 22.3 Å². The van der Waals surface area contributed by atoms with Gasteiger partial charge in [-0.1, -0.05) is 30.3 Å². The van der Waals surface area contributed by atoms with E-state index < -0.39 is 24.2 Å². The fraction of sp³-hybridized carbons (Fsp3) is 0.152. The molecule has 0 amide bonds. The Labute approximate surface area is 243 Å². The van der Waals surface area contributed by atoms with Crippen molar-refractivity contribution >= 4 is 11.9 Å². The van der Waals surface area contributed by atoms with E-state index in [1.165, 1.54) is 12.1 Å². The Morgan fingerprint density at radius 2 is 1.29 bits per heavy atom. The van der Waals surface area contributed by atoms with Crippen LogP contribution in [0.5, 0.6) is 11.5 Å². The number of esters is 2. The lowest BCUT2D eigenvalue weighted by molar-refractivity contribution is -0.144. The van der Waals surface area contributed by atoms with Gasteiger partial charge in [-0.25, -0.2) is 4.39 Å². The molecular formula is C33H29FN4O4. The van der Waals surface area contributed by atoms with E-state index in [-0.39, 0.29) is 11.3 Å². The van der Waals surface area contributed by atoms with Gasteiger partial charge in [0.25, 0.3) is 0 Å². The molecule has 0 spiro atoms. The minimum Gasteiger partial charge on any atom is -0.426 e. The molecule has 0 radical (unpaired) electrons. The molecule has 0 atom stereocenters. The fourth-order valence-electron chi connectivity index (χ4n) is 3.76. The van der Waals surface area contributed by atoms with E-state index in [1.54, 1.807) is 55.5 Å². The zero-order chi connectivity index (χ0) is 30.5. The Morgan fingerprint density at radius 3 is 1.79 bits per heavy atom. The van der Waals surface area contributed by atoms with Crippen molar-refractivity contribution in [2.75, 3.05) is 13.1 Å². The summed E-state index contributed by atoms with van der Waals surface area (Å²) in [5, 5.41) is 17.8. The summed E-state index contributed by atoms with van der Waals surface area (Å²) in [4.78, 5) is 24.5. The number of nitrogens with zero attached hydrogens (tertiary/aromatic N) is 2. The molecule has 0 aliphatic carbocycles. The van der Waals surface area contributed by atoms with Crippen molar-refractivity contribution in [2.24, 2.45) is 11.5 Å². The van der Waals surface area contributed by atoms with Gasteiger partial charge in [0.2, 0.25) is 0 Å². The number of halogens is 1. The quantitative estimate of drug-likeness (QED) is 0.164. The largest absolute Gasteiger partial charge is 0.426 e. The van der Waals surface area contributed by atoms with Crippen LogP contribution in [0.4, 0.5) is 4.39 Å².